The van der Waals surface area contributed by atoms with E-state index in [9.17, 15) is 4.21 Å². The second-order valence-corrected chi connectivity index (χ2v) is 14.4. The standard InChI is InChI=1S/C25H31Cl2N5OS2/c1-24(2,3)35(33)30-20-8-5-9-25(20)10-13-31(14-11-25)23-29-16-19(22-28-12-15-32(22)23)34-18-7-4-6-17(26)21(18)27/h4,6-7,12,15-16,20,30H,5,8-11,13-14H2,1-3H3/t20-,35+/m1/s1. The second-order valence-electron chi connectivity index (χ2n) is 10.5. The van der Waals surface area contributed by atoms with E-state index in [0.717, 1.165) is 53.7 Å². The van der Waals surface area contributed by atoms with Crippen LogP contribution in [0.1, 0.15) is 52.9 Å². The molecule has 2 fully saturated rings. The molecule has 1 spiro atoms. The van der Waals surface area contributed by atoms with Gasteiger partial charge in [-0.2, -0.15) is 0 Å². The summed E-state index contributed by atoms with van der Waals surface area (Å²) >= 11 is 14.1. The Hall–Kier alpha value is -1.32. The number of aromatic nitrogens is 3. The Balaban J connectivity index is 1.34. The Labute approximate surface area is 223 Å². The van der Waals surface area contributed by atoms with Gasteiger partial charge in [0.05, 0.1) is 30.7 Å². The summed E-state index contributed by atoms with van der Waals surface area (Å²) in [5.41, 5.74) is 1.07. The quantitative estimate of drug-likeness (QED) is 0.398. The second kappa shape index (κ2) is 9.86. The van der Waals surface area contributed by atoms with E-state index in [1.54, 1.807) is 6.07 Å². The molecule has 1 saturated carbocycles. The monoisotopic (exact) mass is 551 g/mol. The van der Waals surface area contributed by atoms with Crippen molar-refractivity contribution >= 4 is 57.5 Å². The SMILES string of the molecule is CC(C)(C)[S@](=O)N[C@@H]1CCCC12CCN(c1ncc(Sc3cccc(Cl)c3Cl)c3nccn13)CC2. The first-order valence-electron chi connectivity index (χ1n) is 12.0. The van der Waals surface area contributed by atoms with E-state index in [0.29, 0.717) is 16.1 Å². The number of anilines is 1. The van der Waals surface area contributed by atoms with Crippen LogP contribution in [0.2, 0.25) is 10.0 Å². The zero-order valence-electron chi connectivity index (χ0n) is 20.3. The Kier molecular flexibility index (Phi) is 7.14. The predicted octanol–water partition coefficient (Wildman–Crippen LogP) is 6.38. The highest BCUT2D eigenvalue weighted by Gasteiger charge is 2.46. The molecule has 3 aromatic rings. The first kappa shape index (κ1) is 25.3. The van der Waals surface area contributed by atoms with E-state index >= 15 is 0 Å². The van der Waals surface area contributed by atoms with E-state index in [2.05, 4.69) is 19.0 Å². The lowest BCUT2D eigenvalue weighted by Gasteiger charge is -2.44. The van der Waals surface area contributed by atoms with Crippen LogP contribution in [0.25, 0.3) is 5.65 Å². The molecule has 6 nitrogen and oxygen atoms in total. The molecule has 0 unspecified atom stereocenters. The van der Waals surface area contributed by atoms with Gasteiger partial charge in [0, 0.05) is 42.6 Å². The predicted molar refractivity (Wildman–Crippen MR) is 146 cm³/mol. The van der Waals surface area contributed by atoms with Crippen LogP contribution in [0, 0.1) is 5.41 Å². The van der Waals surface area contributed by atoms with Crippen LogP contribution in [-0.4, -0.2) is 42.5 Å². The van der Waals surface area contributed by atoms with Crippen molar-refractivity contribution in [2.45, 2.75) is 73.5 Å². The Morgan fingerprint density at radius 1 is 1.14 bits per heavy atom. The maximum atomic E-state index is 12.8. The molecule has 5 rings (SSSR count). The molecule has 0 amide bonds. The van der Waals surface area contributed by atoms with Crippen LogP contribution in [0.15, 0.2) is 46.6 Å². The lowest BCUT2D eigenvalue weighted by atomic mass is 9.74. The molecule has 0 bridgehead atoms. The number of imidazole rings is 1. The fourth-order valence-corrected chi connectivity index (χ4v) is 7.63. The zero-order chi connectivity index (χ0) is 24.8. The van der Waals surface area contributed by atoms with Crippen LogP contribution in [0.5, 0.6) is 0 Å². The molecule has 35 heavy (non-hydrogen) atoms. The van der Waals surface area contributed by atoms with Crippen LogP contribution < -0.4 is 9.62 Å². The van der Waals surface area contributed by atoms with Crippen molar-refractivity contribution < 1.29 is 4.21 Å². The third-order valence-electron chi connectivity index (χ3n) is 7.26. The fraction of sp³-hybridized carbons (Fsp3) is 0.520. The van der Waals surface area contributed by atoms with Gasteiger partial charge < -0.3 is 4.90 Å². The minimum atomic E-state index is -1.04. The van der Waals surface area contributed by atoms with Crippen molar-refractivity contribution in [2.24, 2.45) is 5.41 Å². The summed E-state index contributed by atoms with van der Waals surface area (Å²) in [4.78, 5) is 13.6. The summed E-state index contributed by atoms with van der Waals surface area (Å²) < 4.78 is 18.1. The summed E-state index contributed by atoms with van der Waals surface area (Å²) in [5, 5.41) is 1.08. The van der Waals surface area contributed by atoms with Gasteiger partial charge in [0.25, 0.3) is 0 Å². The fourth-order valence-electron chi connectivity index (χ4n) is 5.25. The number of rotatable bonds is 5. The van der Waals surface area contributed by atoms with Crippen molar-refractivity contribution in [1.29, 1.82) is 0 Å². The number of halogens is 2. The summed E-state index contributed by atoms with van der Waals surface area (Å²) in [6.07, 6.45) is 11.3. The summed E-state index contributed by atoms with van der Waals surface area (Å²) in [7, 11) is -1.04. The normalized spacial score (nSPS) is 21.2. The number of hydrogen-bond donors (Lipinski definition) is 1. The molecule has 10 heteroatoms. The van der Waals surface area contributed by atoms with E-state index in [4.69, 9.17) is 28.2 Å². The largest absolute Gasteiger partial charge is 0.342 e. The van der Waals surface area contributed by atoms with Gasteiger partial charge in [-0.1, -0.05) is 47.5 Å². The first-order chi connectivity index (χ1) is 16.7. The van der Waals surface area contributed by atoms with E-state index in [1.165, 1.54) is 24.6 Å². The van der Waals surface area contributed by atoms with Crippen LogP contribution in [0.4, 0.5) is 5.95 Å². The lowest BCUT2D eigenvalue weighted by molar-refractivity contribution is 0.187. The molecule has 1 saturated heterocycles. The first-order valence-corrected chi connectivity index (χ1v) is 14.8. The van der Waals surface area contributed by atoms with E-state index in [-0.39, 0.29) is 10.2 Å². The molecule has 2 aliphatic rings. The minimum absolute atomic E-state index is 0.213. The van der Waals surface area contributed by atoms with E-state index < -0.39 is 11.0 Å². The topological polar surface area (TPSA) is 62.5 Å². The van der Waals surface area contributed by atoms with Gasteiger partial charge in [-0.15, -0.1) is 0 Å². The van der Waals surface area contributed by atoms with Crippen LogP contribution >= 0.6 is 35.0 Å². The molecular formula is C25H31Cl2N5OS2. The number of hydrogen-bond acceptors (Lipinski definition) is 5. The van der Waals surface area contributed by atoms with Gasteiger partial charge in [-0.25, -0.2) is 18.9 Å². The summed E-state index contributed by atoms with van der Waals surface area (Å²) in [6.45, 7) is 7.94. The highest BCUT2D eigenvalue weighted by molar-refractivity contribution is 7.99. The maximum absolute atomic E-state index is 12.8. The Morgan fingerprint density at radius 2 is 1.91 bits per heavy atom. The highest BCUT2D eigenvalue weighted by atomic mass is 35.5. The minimum Gasteiger partial charge on any atom is -0.342 e. The highest BCUT2D eigenvalue weighted by Crippen LogP contribution is 2.47. The average molecular weight is 553 g/mol. The third-order valence-corrected chi connectivity index (χ3v) is 10.9. The van der Waals surface area contributed by atoms with Gasteiger partial charge in [-0.05, 0) is 64.0 Å². The van der Waals surface area contributed by atoms with Gasteiger partial charge in [0.1, 0.15) is 0 Å². The Bertz CT molecular complexity index is 1250. The van der Waals surface area contributed by atoms with E-state index in [1.807, 2.05) is 51.5 Å². The molecular weight excluding hydrogens is 521 g/mol. The molecule has 1 N–H and O–H groups in total. The molecule has 1 aromatic carbocycles. The number of piperidine rings is 1. The van der Waals surface area contributed by atoms with Crippen molar-refractivity contribution in [3.05, 3.63) is 46.8 Å². The molecule has 0 radical (unpaired) electrons. The van der Waals surface area contributed by atoms with Crippen molar-refractivity contribution in [1.82, 2.24) is 19.1 Å². The zero-order valence-corrected chi connectivity index (χ0v) is 23.4. The van der Waals surface area contributed by atoms with Crippen LogP contribution in [-0.2, 0) is 11.0 Å². The summed E-state index contributed by atoms with van der Waals surface area (Å²) in [6, 6.07) is 5.95. The van der Waals surface area contributed by atoms with Crippen molar-refractivity contribution in [2.75, 3.05) is 18.0 Å². The smallest absolute Gasteiger partial charge is 0.211 e. The number of fused-ring (bicyclic) bond motifs is 1. The molecule has 1 aliphatic heterocycles. The molecule has 3 heterocycles. The lowest BCUT2D eigenvalue weighted by Crippen LogP contribution is -2.51. The van der Waals surface area contributed by atoms with Crippen LogP contribution in [0.3, 0.4) is 0 Å². The van der Waals surface area contributed by atoms with Gasteiger partial charge in [0.2, 0.25) is 5.95 Å². The molecule has 188 valence electrons. The van der Waals surface area contributed by atoms with Gasteiger partial charge in [-0.3, -0.25) is 4.40 Å². The van der Waals surface area contributed by atoms with Crippen molar-refractivity contribution in [3.8, 4) is 0 Å². The average Bonchev–Trinajstić information content (AvgIpc) is 3.45. The molecule has 1 aliphatic carbocycles. The molecule has 2 atom stereocenters. The number of nitrogens with zero attached hydrogens (tertiary/aromatic N) is 4. The van der Waals surface area contributed by atoms with Gasteiger partial charge in [0.15, 0.2) is 5.65 Å². The summed E-state index contributed by atoms with van der Waals surface area (Å²) in [5.74, 6) is 0.912. The molecule has 2 aromatic heterocycles. The van der Waals surface area contributed by atoms with Crippen molar-refractivity contribution in [3.63, 3.8) is 0 Å². The maximum Gasteiger partial charge on any atom is 0.211 e. The number of nitrogens with one attached hydrogen (secondary N) is 1. The van der Waals surface area contributed by atoms with Gasteiger partial charge >= 0.3 is 0 Å². The Morgan fingerprint density at radius 3 is 2.66 bits per heavy atom. The third kappa shape index (κ3) is 4.97. The number of benzene rings is 1.